The molecule has 1 heterocycles. The zero-order valence-corrected chi connectivity index (χ0v) is 9.78. The van der Waals surface area contributed by atoms with Crippen molar-refractivity contribution in [1.82, 2.24) is 0 Å². The fraction of sp³-hybridized carbons (Fsp3) is 0.167. The topological polar surface area (TPSA) is 0 Å². The van der Waals surface area contributed by atoms with Gasteiger partial charge in [0.25, 0.3) is 0 Å². The highest BCUT2D eigenvalue weighted by Crippen LogP contribution is 2.30. The van der Waals surface area contributed by atoms with E-state index in [1.54, 1.807) is 30.4 Å². The summed E-state index contributed by atoms with van der Waals surface area (Å²) in [4.78, 5) is 0. The lowest BCUT2D eigenvalue weighted by Crippen LogP contribution is -1.93. The third-order valence-corrected chi connectivity index (χ3v) is 3.52. The molecule has 0 bridgehead atoms. The Balaban J connectivity index is 2.34. The number of thiophene rings is 1. The van der Waals surface area contributed by atoms with Gasteiger partial charge in [0.1, 0.15) is 5.82 Å². The second-order valence-corrected chi connectivity index (χ2v) is 4.64. The fourth-order valence-electron chi connectivity index (χ4n) is 1.44. The van der Waals surface area contributed by atoms with Crippen molar-refractivity contribution in [3.63, 3.8) is 0 Å². The van der Waals surface area contributed by atoms with E-state index in [0.717, 1.165) is 11.1 Å². The zero-order chi connectivity index (χ0) is 10.8. The van der Waals surface area contributed by atoms with Gasteiger partial charge in [0.15, 0.2) is 0 Å². The average Bonchev–Trinajstić information content (AvgIpc) is 2.74. The zero-order valence-electron chi connectivity index (χ0n) is 8.21. The Bertz CT molecular complexity index is 451. The Labute approximate surface area is 97.3 Å². The van der Waals surface area contributed by atoms with Crippen LogP contribution in [0.4, 0.5) is 4.39 Å². The van der Waals surface area contributed by atoms with Gasteiger partial charge in [-0.2, -0.15) is 11.3 Å². The first-order valence-corrected chi connectivity index (χ1v) is 5.98. The summed E-state index contributed by atoms with van der Waals surface area (Å²) < 4.78 is 13.1. The molecule has 78 valence electrons. The van der Waals surface area contributed by atoms with E-state index in [0.29, 0.717) is 5.56 Å². The van der Waals surface area contributed by atoms with Crippen LogP contribution in [0.15, 0.2) is 35.0 Å². The van der Waals surface area contributed by atoms with E-state index in [9.17, 15) is 4.39 Å². The first-order valence-electron chi connectivity index (χ1n) is 4.60. The molecule has 3 heteroatoms. The van der Waals surface area contributed by atoms with E-state index in [1.165, 1.54) is 6.07 Å². The van der Waals surface area contributed by atoms with Crippen LogP contribution in [0.1, 0.15) is 22.1 Å². The number of halogens is 2. The molecule has 0 N–H and O–H groups in total. The Hall–Kier alpha value is -0.860. The minimum atomic E-state index is -0.187. The molecule has 0 aliphatic rings. The Morgan fingerprint density at radius 1 is 1.27 bits per heavy atom. The maximum atomic E-state index is 13.1. The van der Waals surface area contributed by atoms with Crippen LogP contribution in [0.3, 0.4) is 0 Å². The normalized spacial score (nSPS) is 12.7. The van der Waals surface area contributed by atoms with Gasteiger partial charge >= 0.3 is 0 Å². The molecule has 2 aromatic rings. The van der Waals surface area contributed by atoms with Gasteiger partial charge in [-0.1, -0.05) is 12.1 Å². The second-order valence-electron chi connectivity index (χ2n) is 3.43. The largest absolute Gasteiger partial charge is 0.207 e. The first kappa shape index (κ1) is 10.7. The van der Waals surface area contributed by atoms with Crippen LogP contribution >= 0.6 is 22.9 Å². The van der Waals surface area contributed by atoms with Crippen LogP contribution in [-0.2, 0) is 0 Å². The maximum Gasteiger partial charge on any atom is 0.126 e. The van der Waals surface area contributed by atoms with Crippen LogP contribution in [0.2, 0.25) is 0 Å². The summed E-state index contributed by atoms with van der Waals surface area (Å²) in [6.45, 7) is 1.75. The standard InChI is InChI=1S/C12H10ClFS/c1-8-6-9(2-3-11(8)14)12(13)10-4-5-15-7-10/h2-7,12H,1H3. The van der Waals surface area contributed by atoms with Crippen molar-refractivity contribution in [2.45, 2.75) is 12.3 Å². The molecule has 0 radical (unpaired) electrons. The van der Waals surface area contributed by atoms with Crippen molar-refractivity contribution >= 4 is 22.9 Å². The molecular weight excluding hydrogens is 231 g/mol. The van der Waals surface area contributed by atoms with Crippen LogP contribution < -0.4 is 0 Å². The minimum absolute atomic E-state index is 0.185. The van der Waals surface area contributed by atoms with Crippen molar-refractivity contribution in [3.05, 3.63) is 57.5 Å². The van der Waals surface area contributed by atoms with Gasteiger partial charge in [0.2, 0.25) is 0 Å². The highest BCUT2D eigenvalue weighted by atomic mass is 35.5. The van der Waals surface area contributed by atoms with Gasteiger partial charge in [0, 0.05) is 0 Å². The van der Waals surface area contributed by atoms with Gasteiger partial charge in [-0.25, -0.2) is 4.39 Å². The van der Waals surface area contributed by atoms with Gasteiger partial charge in [0.05, 0.1) is 5.38 Å². The van der Waals surface area contributed by atoms with Gasteiger partial charge in [-0.05, 0) is 46.5 Å². The fourth-order valence-corrected chi connectivity index (χ4v) is 2.47. The molecule has 1 atom stereocenters. The summed E-state index contributed by atoms with van der Waals surface area (Å²) >= 11 is 7.89. The Morgan fingerprint density at radius 3 is 2.67 bits per heavy atom. The smallest absolute Gasteiger partial charge is 0.126 e. The van der Waals surface area contributed by atoms with E-state index in [1.807, 2.05) is 16.8 Å². The van der Waals surface area contributed by atoms with Crippen molar-refractivity contribution in [2.24, 2.45) is 0 Å². The molecule has 0 saturated heterocycles. The van der Waals surface area contributed by atoms with Gasteiger partial charge < -0.3 is 0 Å². The predicted octanol–water partition coefficient (Wildman–Crippen LogP) is 4.52. The third kappa shape index (κ3) is 2.21. The van der Waals surface area contributed by atoms with E-state index in [2.05, 4.69) is 0 Å². The van der Waals surface area contributed by atoms with E-state index in [-0.39, 0.29) is 11.2 Å². The van der Waals surface area contributed by atoms with Crippen LogP contribution in [0.25, 0.3) is 0 Å². The van der Waals surface area contributed by atoms with Gasteiger partial charge in [-0.3, -0.25) is 0 Å². The van der Waals surface area contributed by atoms with Crippen molar-refractivity contribution in [2.75, 3.05) is 0 Å². The number of benzene rings is 1. The summed E-state index contributed by atoms with van der Waals surface area (Å²) in [6, 6.07) is 6.98. The average molecular weight is 241 g/mol. The molecular formula is C12H10ClFS. The molecule has 0 aliphatic carbocycles. The highest BCUT2D eigenvalue weighted by molar-refractivity contribution is 7.08. The Kier molecular flexibility index (Phi) is 3.08. The molecule has 1 aromatic heterocycles. The lowest BCUT2D eigenvalue weighted by Gasteiger charge is -2.09. The SMILES string of the molecule is Cc1cc(C(Cl)c2ccsc2)ccc1F. The van der Waals surface area contributed by atoms with Gasteiger partial charge in [-0.15, -0.1) is 11.6 Å². The number of hydrogen-bond acceptors (Lipinski definition) is 1. The lowest BCUT2D eigenvalue weighted by molar-refractivity contribution is 0.617. The van der Waals surface area contributed by atoms with Crippen molar-refractivity contribution in [1.29, 1.82) is 0 Å². The molecule has 1 aromatic carbocycles. The number of rotatable bonds is 2. The minimum Gasteiger partial charge on any atom is -0.207 e. The van der Waals surface area contributed by atoms with Crippen LogP contribution in [0.5, 0.6) is 0 Å². The maximum absolute atomic E-state index is 13.1. The summed E-state index contributed by atoms with van der Waals surface area (Å²) in [5.74, 6) is -0.187. The summed E-state index contributed by atoms with van der Waals surface area (Å²) in [5.41, 5.74) is 2.63. The number of aryl methyl sites for hydroxylation is 1. The quantitative estimate of drug-likeness (QED) is 0.677. The number of hydrogen-bond donors (Lipinski definition) is 0. The van der Waals surface area contributed by atoms with E-state index >= 15 is 0 Å². The highest BCUT2D eigenvalue weighted by Gasteiger charge is 2.11. The van der Waals surface area contributed by atoms with Crippen LogP contribution in [0, 0.1) is 12.7 Å². The van der Waals surface area contributed by atoms with Crippen molar-refractivity contribution < 1.29 is 4.39 Å². The predicted molar refractivity (Wildman–Crippen MR) is 63.2 cm³/mol. The molecule has 15 heavy (non-hydrogen) atoms. The molecule has 1 unspecified atom stereocenters. The summed E-state index contributed by atoms with van der Waals surface area (Å²) in [5, 5.41) is 3.81. The summed E-state index contributed by atoms with van der Waals surface area (Å²) in [6.07, 6.45) is 0. The molecule has 0 amide bonds. The molecule has 2 rings (SSSR count). The monoisotopic (exact) mass is 240 g/mol. The Morgan fingerprint density at radius 2 is 2.07 bits per heavy atom. The lowest BCUT2D eigenvalue weighted by atomic mass is 10.0. The molecule has 0 fully saturated rings. The van der Waals surface area contributed by atoms with Crippen molar-refractivity contribution in [3.8, 4) is 0 Å². The number of alkyl halides is 1. The summed E-state index contributed by atoms with van der Waals surface area (Å²) in [7, 11) is 0. The van der Waals surface area contributed by atoms with Crippen LogP contribution in [-0.4, -0.2) is 0 Å². The molecule has 0 aliphatic heterocycles. The second kappa shape index (κ2) is 4.33. The molecule has 0 saturated carbocycles. The molecule has 0 spiro atoms. The molecule has 0 nitrogen and oxygen atoms in total. The van der Waals surface area contributed by atoms with E-state index in [4.69, 9.17) is 11.6 Å². The van der Waals surface area contributed by atoms with E-state index < -0.39 is 0 Å². The third-order valence-electron chi connectivity index (χ3n) is 2.31. The first-order chi connectivity index (χ1) is 7.18.